The van der Waals surface area contributed by atoms with Crippen LogP contribution >= 0.6 is 11.8 Å². The summed E-state index contributed by atoms with van der Waals surface area (Å²) in [4.78, 5) is 23.0. The van der Waals surface area contributed by atoms with E-state index in [4.69, 9.17) is 27.8 Å². The normalized spacial score (nSPS) is 14.9. The molecule has 1 atom stereocenters. The first-order chi connectivity index (χ1) is 34.6. The van der Waals surface area contributed by atoms with Crippen molar-refractivity contribution >= 4 is 83.8 Å². The number of rotatable bonds is 3. The minimum atomic E-state index is -1.01. The predicted molar refractivity (Wildman–Crippen MR) is 279 cm³/mol. The van der Waals surface area contributed by atoms with Gasteiger partial charge in [0.25, 0.3) is 0 Å². The fraction of sp³-hybridized carbons (Fsp3) is 0.0164. The van der Waals surface area contributed by atoms with Crippen LogP contribution in [0, 0.1) is 13.1 Å². The highest BCUT2D eigenvalue weighted by Gasteiger charge is 2.54. The molecule has 1 unspecified atom stereocenters. The third-order valence-electron chi connectivity index (χ3n) is 14.4. The zero-order valence-electron chi connectivity index (χ0n) is 37.0. The Labute approximate surface area is 405 Å². The van der Waals surface area contributed by atoms with Crippen LogP contribution in [0.4, 0.5) is 28.4 Å². The maximum atomic E-state index is 7.96. The summed E-state index contributed by atoms with van der Waals surface area (Å²) in [6.45, 7) is 15.9. The van der Waals surface area contributed by atoms with Crippen LogP contribution in [0.3, 0.4) is 0 Å². The smallest absolute Gasteiger partial charge is 0.188 e. The van der Waals surface area contributed by atoms with Gasteiger partial charge in [0, 0.05) is 55.2 Å². The molecule has 8 nitrogen and oxygen atoms in total. The molecule has 0 fully saturated rings. The maximum absolute atomic E-state index is 7.96. The van der Waals surface area contributed by atoms with E-state index in [1.54, 1.807) is 11.8 Å². The number of pyridine rings is 2. The van der Waals surface area contributed by atoms with Gasteiger partial charge in [-0.3, -0.25) is 9.97 Å². The Morgan fingerprint density at radius 2 is 1.07 bits per heavy atom. The van der Waals surface area contributed by atoms with Crippen LogP contribution < -0.4 is 9.64 Å². The highest BCUT2D eigenvalue weighted by Crippen LogP contribution is 2.64. The first-order valence-corrected chi connectivity index (χ1v) is 23.8. The lowest BCUT2D eigenvalue weighted by Gasteiger charge is -2.41. The number of hydrogen-bond acceptors (Lipinski definition) is 5. The third kappa shape index (κ3) is 5.08. The van der Waals surface area contributed by atoms with E-state index in [2.05, 4.69) is 169 Å². The summed E-state index contributed by atoms with van der Waals surface area (Å²) >= 11 is 1.78. The van der Waals surface area contributed by atoms with Crippen molar-refractivity contribution in [3.05, 3.63) is 246 Å². The van der Waals surface area contributed by atoms with Crippen molar-refractivity contribution in [3.8, 4) is 34.3 Å². The van der Waals surface area contributed by atoms with E-state index in [0.29, 0.717) is 17.1 Å². The molecule has 0 bridgehead atoms. The van der Waals surface area contributed by atoms with E-state index in [1.165, 1.54) is 10.8 Å². The summed E-state index contributed by atoms with van der Waals surface area (Å²) < 4.78 is 12.0. The summed E-state index contributed by atoms with van der Waals surface area (Å²) in [7, 11) is 0. The number of benzene rings is 8. The molecule has 9 heteroatoms. The largest absolute Gasteiger partial charge is 0.457 e. The Kier molecular flexibility index (Phi) is 7.90. The fourth-order valence-electron chi connectivity index (χ4n) is 11.7. The van der Waals surface area contributed by atoms with Gasteiger partial charge in [0.1, 0.15) is 11.5 Å². The number of ether oxygens (including phenoxy) is 1. The molecule has 2 aliphatic heterocycles. The molecule has 8 aromatic carbocycles. The summed E-state index contributed by atoms with van der Waals surface area (Å²) in [6.07, 6.45) is 3.86. The van der Waals surface area contributed by atoms with Crippen LogP contribution in [0.1, 0.15) is 22.3 Å². The van der Waals surface area contributed by atoms with E-state index >= 15 is 0 Å². The first kappa shape index (κ1) is 38.7. The molecule has 70 heavy (non-hydrogen) atoms. The maximum Gasteiger partial charge on any atom is 0.188 e. The van der Waals surface area contributed by atoms with Gasteiger partial charge in [-0.25, -0.2) is 9.69 Å². The minimum absolute atomic E-state index is 0.533. The molecule has 1 spiro atoms. The molecular formula is C61H33N7OS. The standard InChI is InChI=1S/C61H33N7OS/c1-62-36-24-28-49-42(31-36)43-32-37(63-2)25-29-50(43)68(49)53-20-11-21-54-58(53)61(44-27-26-38(34-55(44)69-54)66-47-16-5-3-13-40(47)41-14-4-6-17-48(41)66)45-15-12-30-64-59(45)60-46(61)33-39(35-65-60)67-51-18-7-9-22-56(51)70-57-23-10-8-19-52(57)67/h3-35H. The average Bonchev–Trinajstić information content (AvgIpc) is 4.04. The average molecular weight is 912 g/mol. The van der Waals surface area contributed by atoms with Crippen molar-refractivity contribution in [2.75, 3.05) is 4.90 Å². The van der Waals surface area contributed by atoms with Crippen molar-refractivity contribution in [1.82, 2.24) is 19.1 Å². The fourth-order valence-corrected chi connectivity index (χ4v) is 12.8. The number of para-hydroxylation sites is 4. The van der Waals surface area contributed by atoms with Gasteiger partial charge in [0.15, 0.2) is 11.4 Å². The van der Waals surface area contributed by atoms with E-state index < -0.39 is 5.41 Å². The van der Waals surface area contributed by atoms with Crippen molar-refractivity contribution < 1.29 is 4.74 Å². The van der Waals surface area contributed by atoms with Crippen LogP contribution in [-0.4, -0.2) is 19.1 Å². The highest BCUT2D eigenvalue weighted by molar-refractivity contribution is 7.99. The van der Waals surface area contributed by atoms with E-state index in [1.807, 2.05) is 54.9 Å². The topological polar surface area (TPSA) is 56.8 Å². The monoisotopic (exact) mass is 911 g/mol. The number of anilines is 3. The van der Waals surface area contributed by atoms with Crippen molar-refractivity contribution in [2.24, 2.45) is 0 Å². The summed E-state index contributed by atoms with van der Waals surface area (Å²) in [6, 6.07) is 65.6. The molecular weight excluding hydrogens is 879 g/mol. The lowest BCUT2D eigenvalue weighted by atomic mass is 9.65. The first-order valence-electron chi connectivity index (χ1n) is 23.0. The van der Waals surface area contributed by atoms with Crippen molar-refractivity contribution in [1.29, 1.82) is 0 Å². The molecule has 1 aliphatic carbocycles. The van der Waals surface area contributed by atoms with Crippen molar-refractivity contribution in [2.45, 2.75) is 15.2 Å². The molecule has 0 N–H and O–H groups in total. The number of hydrogen-bond donors (Lipinski definition) is 0. The van der Waals surface area contributed by atoms with Gasteiger partial charge in [0.05, 0.1) is 81.0 Å². The SMILES string of the molecule is [C-]#[N+]c1ccc2c(c1)c1cc([N+]#[C-])ccc1n2-c1cccc2c1C1(c3ccc(-n4c5ccccc5c5ccccc54)cc3O2)c2cccnc2-c2ncc(N3c4ccccc4Sc4ccccc43)cc21. The third-order valence-corrected chi connectivity index (χ3v) is 15.6. The molecule has 0 saturated carbocycles. The second-order valence-corrected chi connectivity index (χ2v) is 19.0. The summed E-state index contributed by atoms with van der Waals surface area (Å²) in [5.74, 6) is 1.43. The van der Waals surface area contributed by atoms with Gasteiger partial charge in [-0.2, -0.15) is 0 Å². The lowest BCUT2D eigenvalue weighted by Crippen LogP contribution is -2.34. The molecule has 324 valence electrons. The molecule has 0 radical (unpaired) electrons. The lowest BCUT2D eigenvalue weighted by molar-refractivity contribution is 0.435. The minimum Gasteiger partial charge on any atom is -0.457 e. The molecule has 4 aromatic heterocycles. The Morgan fingerprint density at radius 1 is 0.457 bits per heavy atom. The zero-order valence-corrected chi connectivity index (χ0v) is 37.8. The van der Waals surface area contributed by atoms with Crippen LogP contribution in [0.25, 0.3) is 76.1 Å². The predicted octanol–water partition coefficient (Wildman–Crippen LogP) is 16.2. The quantitative estimate of drug-likeness (QED) is 0.165. The summed E-state index contributed by atoms with van der Waals surface area (Å²) in [5, 5.41) is 4.16. The molecule has 15 rings (SSSR count). The molecule has 0 amide bonds. The van der Waals surface area contributed by atoms with E-state index in [0.717, 1.165) is 110 Å². The Balaban J connectivity index is 1.07. The van der Waals surface area contributed by atoms with Gasteiger partial charge in [0.2, 0.25) is 0 Å². The Morgan fingerprint density at radius 3 is 1.76 bits per heavy atom. The Bertz CT molecular complexity index is 4210. The second kappa shape index (κ2) is 14.3. The number of aromatic nitrogens is 4. The van der Waals surface area contributed by atoms with Crippen LogP contribution in [0.15, 0.2) is 210 Å². The second-order valence-electron chi connectivity index (χ2n) is 17.9. The molecule has 0 saturated heterocycles. The van der Waals surface area contributed by atoms with Gasteiger partial charge >= 0.3 is 0 Å². The highest BCUT2D eigenvalue weighted by atomic mass is 32.2. The van der Waals surface area contributed by atoms with Crippen LogP contribution in [0.2, 0.25) is 0 Å². The van der Waals surface area contributed by atoms with Crippen LogP contribution in [-0.2, 0) is 5.41 Å². The number of fused-ring (bicyclic) bond motifs is 17. The van der Waals surface area contributed by atoms with Gasteiger partial charge in [-0.05, 0) is 107 Å². The number of nitrogens with zero attached hydrogens (tertiary/aromatic N) is 7. The van der Waals surface area contributed by atoms with E-state index in [-0.39, 0.29) is 0 Å². The molecule has 3 aliphatic rings. The molecule has 12 aromatic rings. The van der Waals surface area contributed by atoms with Gasteiger partial charge in [-0.1, -0.05) is 103 Å². The zero-order chi connectivity index (χ0) is 46.2. The van der Waals surface area contributed by atoms with Gasteiger partial charge in [-0.15, -0.1) is 0 Å². The molecule has 6 heterocycles. The van der Waals surface area contributed by atoms with Crippen molar-refractivity contribution in [3.63, 3.8) is 0 Å². The van der Waals surface area contributed by atoms with Crippen LogP contribution in [0.5, 0.6) is 11.5 Å². The summed E-state index contributed by atoms with van der Waals surface area (Å²) in [5.41, 5.74) is 14.6. The van der Waals surface area contributed by atoms with Gasteiger partial charge < -0.3 is 18.8 Å². The van der Waals surface area contributed by atoms with E-state index in [9.17, 15) is 0 Å². The Hall–Kier alpha value is -9.41.